The van der Waals surface area contributed by atoms with Gasteiger partial charge in [-0.15, -0.1) is 0 Å². The summed E-state index contributed by atoms with van der Waals surface area (Å²) in [6.45, 7) is 0. The molecule has 0 aromatic carbocycles. The Kier molecular flexibility index (Phi) is 167. The first-order valence-corrected chi connectivity index (χ1v) is 0. The summed E-state index contributed by atoms with van der Waals surface area (Å²) in [6, 6.07) is 0. The summed E-state index contributed by atoms with van der Waals surface area (Å²) in [7, 11) is 0. The topological polar surface area (TPSA) is 57.0 Å². The monoisotopic (exact) mass is 217 g/mol. The normalized spacial score (nSPS) is 0. The Bertz CT molecular complexity index is 6.00. The molecule has 0 saturated heterocycles. The standard InChI is InChI=1S/Ce.2O.Sc/q+3;2*-2;+3. The first-order valence-electron chi connectivity index (χ1n) is 0. The Hall–Kier alpha value is 2.17. The molecule has 0 bridgehead atoms. The summed E-state index contributed by atoms with van der Waals surface area (Å²) in [6.07, 6.45) is 0. The smallest absolute Gasteiger partial charge is 2.00 e. The van der Waals surface area contributed by atoms with Gasteiger partial charge in [-0.1, -0.05) is 0 Å². The van der Waals surface area contributed by atoms with Gasteiger partial charge in [-0.3, -0.25) is 0 Å². The van der Waals surface area contributed by atoms with E-state index >= 15 is 0 Å². The summed E-state index contributed by atoms with van der Waals surface area (Å²) in [4.78, 5) is 0. The molecule has 0 aliphatic rings. The number of rotatable bonds is 0. The Morgan fingerprint density at radius 1 is 0.750 bits per heavy atom. The van der Waals surface area contributed by atoms with Crippen LogP contribution in [0.15, 0.2) is 0 Å². The molecule has 0 aliphatic heterocycles. The van der Waals surface area contributed by atoms with Crippen molar-refractivity contribution in [3.05, 3.63) is 0 Å². The zero-order chi connectivity index (χ0) is 0. The quantitative estimate of drug-likeness (QED) is 0.537. The second kappa shape index (κ2) is 19.1. The minimum Gasteiger partial charge on any atom is -2.00 e. The van der Waals surface area contributed by atoms with E-state index in [0.717, 1.165) is 0 Å². The summed E-state index contributed by atoms with van der Waals surface area (Å²) in [5, 5.41) is 0. The summed E-state index contributed by atoms with van der Waals surface area (Å²) < 4.78 is 0. The van der Waals surface area contributed by atoms with Crippen molar-refractivity contribution in [1.29, 1.82) is 0 Å². The van der Waals surface area contributed by atoms with Crippen LogP contribution in [0.5, 0.6) is 0 Å². The molecule has 4 heavy (non-hydrogen) atoms. The van der Waals surface area contributed by atoms with Crippen molar-refractivity contribution in [2.45, 2.75) is 0 Å². The van der Waals surface area contributed by atoms with Crippen LogP contribution in [0.3, 0.4) is 0 Å². The number of hydrogen-bond donors (Lipinski definition) is 0. The Labute approximate surface area is 77.1 Å². The molecular weight excluding hydrogens is 217 g/mol. The van der Waals surface area contributed by atoms with Gasteiger partial charge in [0.05, 0.1) is 0 Å². The van der Waals surface area contributed by atoms with Crippen molar-refractivity contribution in [2.75, 3.05) is 0 Å². The molecule has 0 aromatic rings. The fourth-order valence-electron chi connectivity index (χ4n) is 0. The van der Waals surface area contributed by atoms with Crippen LogP contribution in [-0.2, 0) is 36.8 Å². The van der Waals surface area contributed by atoms with E-state index in [1.165, 1.54) is 0 Å². The van der Waals surface area contributed by atoms with E-state index in [4.69, 9.17) is 0 Å². The van der Waals surface area contributed by atoms with Crippen molar-refractivity contribution >= 4 is 0 Å². The maximum absolute atomic E-state index is 0. The molecule has 0 amide bonds. The van der Waals surface area contributed by atoms with Gasteiger partial charge in [-0.2, -0.15) is 0 Å². The minimum atomic E-state index is 0. The molecule has 0 atom stereocenters. The van der Waals surface area contributed by atoms with Gasteiger partial charge in [0.1, 0.15) is 0 Å². The zero-order valence-electron chi connectivity index (χ0n) is 1.89. The average Bonchev–Trinajstić information content (AvgIpc) is 0. The van der Waals surface area contributed by atoms with Crippen LogP contribution >= 0.6 is 0 Å². The third kappa shape index (κ3) is 8.90. The van der Waals surface area contributed by atoms with Crippen molar-refractivity contribution in [2.24, 2.45) is 0 Å². The van der Waals surface area contributed by atoms with Crippen LogP contribution in [0.1, 0.15) is 0 Å². The van der Waals surface area contributed by atoms with Crippen LogP contribution in [0, 0.1) is 41.7 Å². The molecule has 1 radical (unpaired) electrons. The first kappa shape index (κ1) is 35.1. The molecule has 0 unspecified atom stereocenters. The fraction of sp³-hybridized carbons (Fsp3) is 0. The molecular formula is CeO2Sc+2. The molecule has 0 spiro atoms. The summed E-state index contributed by atoms with van der Waals surface area (Å²) in [5.41, 5.74) is 0. The van der Waals surface area contributed by atoms with Crippen LogP contribution in [-0.4, -0.2) is 0 Å². The van der Waals surface area contributed by atoms with Gasteiger partial charge in [0, 0.05) is 0 Å². The Morgan fingerprint density at radius 2 is 0.750 bits per heavy atom. The molecule has 2 nitrogen and oxygen atoms in total. The van der Waals surface area contributed by atoms with Crippen LogP contribution in [0.4, 0.5) is 0 Å². The van der Waals surface area contributed by atoms with Gasteiger partial charge in [-0.05, 0) is 0 Å². The predicted molar refractivity (Wildman–Crippen MR) is 1.37 cm³/mol. The number of hydrogen-bond acceptors (Lipinski definition) is 0. The molecule has 0 aromatic heterocycles. The van der Waals surface area contributed by atoms with E-state index in [-0.39, 0.29) is 78.5 Å². The average molecular weight is 217 g/mol. The van der Waals surface area contributed by atoms with Crippen LogP contribution < -0.4 is 0 Å². The van der Waals surface area contributed by atoms with E-state index in [1.54, 1.807) is 0 Å². The molecule has 0 heterocycles. The van der Waals surface area contributed by atoms with Crippen molar-refractivity contribution in [1.82, 2.24) is 0 Å². The first-order chi connectivity index (χ1) is 0. The second-order valence-electron chi connectivity index (χ2n) is 0. The fourth-order valence-corrected chi connectivity index (χ4v) is 0. The van der Waals surface area contributed by atoms with Crippen molar-refractivity contribution in [3.8, 4) is 0 Å². The van der Waals surface area contributed by atoms with Crippen LogP contribution in [0.2, 0.25) is 0 Å². The predicted octanol–water partition coefficient (Wildman–Crippen LogP) is -0.240. The van der Waals surface area contributed by atoms with Gasteiger partial charge < -0.3 is 11.0 Å². The van der Waals surface area contributed by atoms with Gasteiger partial charge >= 0.3 is 67.6 Å². The van der Waals surface area contributed by atoms with E-state index < -0.39 is 0 Å². The molecule has 0 fully saturated rings. The molecule has 0 rings (SSSR count). The third-order valence-electron chi connectivity index (χ3n) is 0. The largest absolute Gasteiger partial charge is 3.00 e. The van der Waals surface area contributed by atoms with Gasteiger partial charge in [-0.25, -0.2) is 0 Å². The summed E-state index contributed by atoms with van der Waals surface area (Å²) >= 11 is 0. The van der Waals surface area contributed by atoms with Gasteiger partial charge in [0.15, 0.2) is 0 Å². The van der Waals surface area contributed by atoms with E-state index in [1.807, 2.05) is 0 Å². The summed E-state index contributed by atoms with van der Waals surface area (Å²) in [5.74, 6) is 0. The van der Waals surface area contributed by atoms with E-state index in [9.17, 15) is 0 Å². The van der Waals surface area contributed by atoms with E-state index in [2.05, 4.69) is 0 Å². The van der Waals surface area contributed by atoms with Crippen molar-refractivity contribution < 1.29 is 78.5 Å². The zero-order valence-corrected chi connectivity index (χ0v) is 6.84. The van der Waals surface area contributed by atoms with Crippen LogP contribution in [0.25, 0.3) is 0 Å². The molecule has 4 heteroatoms. The molecule has 0 N–H and O–H groups in total. The molecule has 0 aliphatic carbocycles. The second-order valence-corrected chi connectivity index (χ2v) is 0. The van der Waals surface area contributed by atoms with Gasteiger partial charge in [0.25, 0.3) is 0 Å². The molecule has 17 valence electrons. The third-order valence-corrected chi connectivity index (χ3v) is 0. The SMILES string of the molecule is [Ce+3].[O-2].[O-2].[Sc+3]. The Balaban J connectivity index is 0. The van der Waals surface area contributed by atoms with Gasteiger partial charge in [0.2, 0.25) is 0 Å². The van der Waals surface area contributed by atoms with Crippen molar-refractivity contribution in [3.63, 3.8) is 0 Å². The maximum atomic E-state index is 0. The molecule has 0 saturated carbocycles. The Morgan fingerprint density at radius 3 is 0.750 bits per heavy atom. The maximum Gasteiger partial charge on any atom is 3.00 e. The minimum absolute atomic E-state index is 0. The van der Waals surface area contributed by atoms with E-state index in [0.29, 0.717) is 0 Å².